The lowest BCUT2D eigenvalue weighted by atomic mass is 10.1. The van der Waals surface area contributed by atoms with Crippen molar-refractivity contribution in [2.45, 2.75) is 20.0 Å². The molecule has 0 bridgehead atoms. The highest BCUT2D eigenvalue weighted by atomic mass is 16.5. The van der Waals surface area contributed by atoms with Gasteiger partial charge in [-0.25, -0.2) is 0 Å². The summed E-state index contributed by atoms with van der Waals surface area (Å²) in [5, 5.41) is 0. The quantitative estimate of drug-likeness (QED) is 0.348. The molecule has 2 heterocycles. The van der Waals surface area contributed by atoms with Crippen molar-refractivity contribution in [1.82, 2.24) is 9.55 Å². The largest absolute Gasteiger partial charge is 0.496 e. The zero-order chi connectivity index (χ0) is 22.9. The highest BCUT2D eigenvalue weighted by molar-refractivity contribution is 6.10. The monoisotopic (exact) mass is 430 g/mol. The van der Waals surface area contributed by atoms with Gasteiger partial charge in [0.05, 0.1) is 19.2 Å². The molecule has 1 aromatic carbocycles. The Morgan fingerprint density at radius 1 is 1.03 bits per heavy atom. The minimum atomic E-state index is -0.278. The van der Waals surface area contributed by atoms with Crippen LogP contribution in [0, 0.1) is 6.92 Å². The van der Waals surface area contributed by atoms with Crippen LogP contribution in [0.25, 0.3) is 12.2 Å². The molecule has 3 rings (SSSR count). The number of hydrogen-bond donors (Lipinski definition) is 0. The fourth-order valence-corrected chi connectivity index (χ4v) is 3.01. The van der Waals surface area contributed by atoms with E-state index >= 15 is 0 Å². The number of ketones is 2. The lowest BCUT2D eigenvalue weighted by Crippen LogP contribution is -2.02. The zero-order valence-electron chi connectivity index (χ0n) is 18.4. The molecule has 0 aliphatic rings. The molecule has 0 saturated heterocycles. The Morgan fingerprint density at radius 3 is 2.47 bits per heavy atom. The molecule has 0 amide bonds. The highest BCUT2D eigenvalue weighted by Crippen LogP contribution is 2.26. The highest BCUT2D eigenvalue weighted by Gasteiger charge is 2.07. The van der Waals surface area contributed by atoms with Crippen LogP contribution < -0.4 is 9.47 Å². The Labute approximate surface area is 187 Å². The number of aryl methyl sites for hydroxylation is 1. The van der Waals surface area contributed by atoms with E-state index in [0.717, 1.165) is 17.1 Å². The average molecular weight is 431 g/mol. The first kappa shape index (κ1) is 22.7. The van der Waals surface area contributed by atoms with Crippen LogP contribution in [0.2, 0.25) is 0 Å². The number of aromatic nitrogens is 2. The first-order chi connectivity index (χ1) is 15.5. The molecule has 2 aromatic heterocycles. The predicted octanol–water partition coefficient (Wildman–Crippen LogP) is 4.57. The average Bonchev–Trinajstić information content (AvgIpc) is 3.13. The number of allylic oxidation sites excluding steroid dienone is 2. The number of methoxy groups -OCH3 is 1. The Hall–Kier alpha value is -3.93. The number of carbonyl (C=O) groups excluding carboxylic acids is 2. The predicted molar refractivity (Wildman–Crippen MR) is 124 cm³/mol. The molecule has 164 valence electrons. The number of rotatable bonds is 10. The fraction of sp³-hybridized carbons (Fsp3) is 0.192. The standard InChI is InChI=1S/C26H26N2O4/c1-19-7-10-22(28(19)2)11-13-24(30)16-23(29)12-8-20-9-14-25(17-26(20)31-3)32-18-21-6-4-5-15-27-21/h4-15,17H,16,18H2,1-3H3/b12-8+,13-11+. The van der Waals surface area contributed by atoms with Crippen LogP contribution >= 0.6 is 0 Å². The summed E-state index contributed by atoms with van der Waals surface area (Å²) in [5.74, 6) is 0.675. The van der Waals surface area contributed by atoms with Gasteiger partial charge in [0.25, 0.3) is 0 Å². The van der Waals surface area contributed by atoms with Crippen molar-refractivity contribution in [3.05, 3.63) is 89.5 Å². The van der Waals surface area contributed by atoms with Crippen LogP contribution in [0.5, 0.6) is 11.5 Å². The van der Waals surface area contributed by atoms with E-state index in [1.165, 1.54) is 12.2 Å². The summed E-state index contributed by atoms with van der Waals surface area (Å²) in [4.78, 5) is 28.6. The van der Waals surface area contributed by atoms with Crippen molar-refractivity contribution in [1.29, 1.82) is 0 Å². The minimum absolute atomic E-state index is 0.190. The van der Waals surface area contributed by atoms with E-state index in [1.807, 2.05) is 48.9 Å². The molecule has 0 fully saturated rings. The van der Waals surface area contributed by atoms with Gasteiger partial charge < -0.3 is 14.0 Å². The topological polar surface area (TPSA) is 70.4 Å². The number of carbonyl (C=O) groups is 2. The Balaban J connectivity index is 1.57. The zero-order valence-corrected chi connectivity index (χ0v) is 18.4. The van der Waals surface area contributed by atoms with Crippen molar-refractivity contribution in [2.75, 3.05) is 7.11 Å². The van der Waals surface area contributed by atoms with Gasteiger partial charge in [0.2, 0.25) is 0 Å². The van der Waals surface area contributed by atoms with Crippen LogP contribution in [0.3, 0.4) is 0 Å². The molecule has 0 radical (unpaired) electrons. The van der Waals surface area contributed by atoms with E-state index in [2.05, 4.69) is 4.98 Å². The van der Waals surface area contributed by atoms with E-state index in [0.29, 0.717) is 23.7 Å². The number of hydrogen-bond acceptors (Lipinski definition) is 5. The van der Waals surface area contributed by atoms with E-state index in [9.17, 15) is 9.59 Å². The summed E-state index contributed by atoms with van der Waals surface area (Å²) < 4.78 is 13.1. The van der Waals surface area contributed by atoms with Gasteiger partial charge in [-0.15, -0.1) is 0 Å². The van der Waals surface area contributed by atoms with Crippen molar-refractivity contribution >= 4 is 23.7 Å². The van der Waals surface area contributed by atoms with Gasteiger partial charge in [-0.2, -0.15) is 0 Å². The molecule has 0 saturated carbocycles. The molecule has 0 aliphatic heterocycles. The smallest absolute Gasteiger partial charge is 0.163 e. The van der Waals surface area contributed by atoms with E-state index in [4.69, 9.17) is 9.47 Å². The lowest BCUT2D eigenvalue weighted by molar-refractivity contribution is -0.121. The molecule has 6 heteroatoms. The molecular weight excluding hydrogens is 404 g/mol. The van der Waals surface area contributed by atoms with Gasteiger partial charge in [0.15, 0.2) is 11.6 Å². The maximum absolute atomic E-state index is 12.2. The Bertz CT molecular complexity index is 1140. The normalized spacial score (nSPS) is 11.2. The number of nitrogens with zero attached hydrogens (tertiary/aromatic N) is 2. The van der Waals surface area contributed by atoms with Crippen LogP contribution in [-0.4, -0.2) is 28.2 Å². The number of pyridine rings is 1. The second-order valence-corrected chi connectivity index (χ2v) is 7.25. The molecule has 0 atom stereocenters. The van der Waals surface area contributed by atoms with Crippen LogP contribution in [-0.2, 0) is 23.2 Å². The van der Waals surface area contributed by atoms with Gasteiger partial charge in [0.1, 0.15) is 18.1 Å². The van der Waals surface area contributed by atoms with Crippen LogP contribution in [0.4, 0.5) is 0 Å². The summed E-state index contributed by atoms with van der Waals surface area (Å²) in [6, 6.07) is 14.9. The third-order valence-corrected chi connectivity index (χ3v) is 4.97. The Kier molecular flexibility index (Phi) is 7.75. The molecule has 0 N–H and O–H groups in total. The van der Waals surface area contributed by atoms with Gasteiger partial charge in [-0.3, -0.25) is 14.6 Å². The molecule has 3 aromatic rings. The summed E-state index contributed by atoms with van der Waals surface area (Å²) in [7, 11) is 3.48. The van der Waals surface area contributed by atoms with Gasteiger partial charge in [-0.1, -0.05) is 6.07 Å². The second kappa shape index (κ2) is 10.9. The Morgan fingerprint density at radius 2 is 1.81 bits per heavy atom. The maximum atomic E-state index is 12.2. The SMILES string of the molecule is COc1cc(OCc2ccccn2)ccc1/C=C/C(=O)CC(=O)/C=C/c1ccc(C)n1C. The number of benzene rings is 1. The molecule has 0 aliphatic carbocycles. The third kappa shape index (κ3) is 6.28. The van der Waals surface area contributed by atoms with Gasteiger partial charge in [0, 0.05) is 36.3 Å². The molecular formula is C26H26N2O4. The van der Waals surface area contributed by atoms with Crippen molar-refractivity contribution < 1.29 is 19.1 Å². The summed E-state index contributed by atoms with van der Waals surface area (Å²) in [6.07, 6.45) is 7.72. The van der Waals surface area contributed by atoms with Crippen molar-refractivity contribution in [2.24, 2.45) is 7.05 Å². The van der Waals surface area contributed by atoms with Gasteiger partial charge >= 0.3 is 0 Å². The molecule has 0 unspecified atom stereocenters. The molecule has 32 heavy (non-hydrogen) atoms. The first-order valence-electron chi connectivity index (χ1n) is 10.2. The minimum Gasteiger partial charge on any atom is -0.496 e. The van der Waals surface area contributed by atoms with Crippen molar-refractivity contribution in [3.63, 3.8) is 0 Å². The summed E-state index contributed by atoms with van der Waals surface area (Å²) in [5.41, 5.74) is 3.54. The molecule has 0 spiro atoms. The van der Waals surface area contributed by atoms with Crippen LogP contribution in [0.1, 0.15) is 29.1 Å². The van der Waals surface area contributed by atoms with E-state index in [-0.39, 0.29) is 18.0 Å². The summed E-state index contributed by atoms with van der Waals surface area (Å²) >= 11 is 0. The van der Waals surface area contributed by atoms with Gasteiger partial charge in [-0.05, 0) is 67.6 Å². The van der Waals surface area contributed by atoms with E-state index < -0.39 is 0 Å². The van der Waals surface area contributed by atoms with Crippen molar-refractivity contribution in [3.8, 4) is 11.5 Å². The first-order valence-corrected chi connectivity index (χ1v) is 10.2. The maximum Gasteiger partial charge on any atom is 0.163 e. The molecule has 6 nitrogen and oxygen atoms in total. The van der Waals surface area contributed by atoms with E-state index in [1.54, 1.807) is 43.7 Å². The summed E-state index contributed by atoms with van der Waals surface area (Å²) in [6.45, 7) is 2.33. The fourth-order valence-electron chi connectivity index (χ4n) is 3.01. The number of ether oxygens (including phenoxy) is 2. The van der Waals surface area contributed by atoms with Crippen LogP contribution in [0.15, 0.2) is 66.9 Å². The second-order valence-electron chi connectivity index (χ2n) is 7.25. The lowest BCUT2D eigenvalue weighted by Gasteiger charge is -2.09. The third-order valence-electron chi connectivity index (χ3n) is 4.97.